The Balaban J connectivity index is 1.39. The lowest BCUT2D eigenvalue weighted by Crippen LogP contribution is -2.40. The summed E-state index contributed by atoms with van der Waals surface area (Å²) in [5.41, 5.74) is 2.84. The summed E-state index contributed by atoms with van der Waals surface area (Å²) in [4.78, 5) is 15.4. The summed E-state index contributed by atoms with van der Waals surface area (Å²) < 4.78 is 35.2. The van der Waals surface area contributed by atoms with Gasteiger partial charge < -0.3 is 14.2 Å². The molecule has 2 aliphatic heterocycles. The maximum absolute atomic E-state index is 13.3. The topological polar surface area (TPSA) is 97.6 Å². The highest BCUT2D eigenvalue weighted by Crippen LogP contribution is 2.33. The van der Waals surface area contributed by atoms with E-state index in [9.17, 15) is 13.2 Å². The smallest absolute Gasteiger partial charge is 0.243 e. The maximum Gasteiger partial charge on any atom is 0.243 e. The van der Waals surface area contributed by atoms with Crippen LogP contribution < -0.4 is 4.90 Å². The Bertz CT molecular complexity index is 1420. The van der Waals surface area contributed by atoms with Crippen LogP contribution in [0.15, 0.2) is 58.6 Å². The molecule has 0 saturated carbocycles. The summed E-state index contributed by atoms with van der Waals surface area (Å²) in [6, 6.07) is 15.0. The first kappa shape index (κ1) is 26.9. The van der Waals surface area contributed by atoms with Gasteiger partial charge in [-0.05, 0) is 43.0 Å². The number of carbonyl (C=O) groups excluding carboxylic acids is 1. The van der Waals surface area contributed by atoms with E-state index in [0.717, 1.165) is 12.1 Å². The van der Waals surface area contributed by atoms with Gasteiger partial charge in [-0.15, -0.1) is 10.2 Å². The fraction of sp³-hybridized carbons (Fsp3) is 0.444. The van der Waals surface area contributed by atoms with E-state index in [1.54, 1.807) is 18.2 Å². The molecule has 1 unspecified atom stereocenters. The van der Waals surface area contributed by atoms with Crippen molar-refractivity contribution in [1.82, 2.24) is 19.1 Å². The fourth-order valence-electron chi connectivity index (χ4n) is 5.01. The van der Waals surface area contributed by atoms with Crippen molar-refractivity contribution in [2.45, 2.75) is 49.8 Å². The van der Waals surface area contributed by atoms with Crippen LogP contribution in [0.3, 0.4) is 0 Å². The molecule has 3 aromatic rings. The first-order chi connectivity index (χ1) is 18.3. The number of sulfonamides is 1. The number of morpholine rings is 1. The Morgan fingerprint density at radius 1 is 1.11 bits per heavy atom. The standard InChI is InChI=1S/C27H33N5O4S2/c1-19(2)17-31-26(22-8-6-9-23(16-22)38(34,35)30-11-13-36-14-12-30)28-29-27(31)37-18-25(33)32-20(3)15-21-7-4-5-10-24(21)32/h4-10,16,19-20H,11-15,17-18H2,1-3H3. The van der Waals surface area contributed by atoms with Crippen LogP contribution >= 0.6 is 11.8 Å². The molecule has 0 N–H and O–H groups in total. The number of hydrogen-bond acceptors (Lipinski definition) is 7. The van der Waals surface area contributed by atoms with Crippen LogP contribution in [0.1, 0.15) is 26.3 Å². The lowest BCUT2D eigenvalue weighted by atomic mass is 10.1. The Kier molecular flexibility index (Phi) is 7.90. The largest absolute Gasteiger partial charge is 0.379 e. The number of anilines is 1. The van der Waals surface area contributed by atoms with Crippen LogP contribution in [-0.4, -0.2) is 71.5 Å². The minimum absolute atomic E-state index is 0.0340. The minimum atomic E-state index is -3.64. The van der Waals surface area contributed by atoms with E-state index < -0.39 is 10.0 Å². The number of ether oxygens (including phenoxy) is 1. The van der Waals surface area contributed by atoms with Crippen molar-refractivity contribution in [1.29, 1.82) is 0 Å². The number of benzene rings is 2. The predicted molar refractivity (Wildman–Crippen MR) is 148 cm³/mol. The van der Waals surface area contributed by atoms with E-state index in [0.29, 0.717) is 55.3 Å². The van der Waals surface area contributed by atoms with Crippen LogP contribution in [-0.2, 0) is 32.5 Å². The van der Waals surface area contributed by atoms with Gasteiger partial charge in [0.1, 0.15) is 0 Å². The van der Waals surface area contributed by atoms with E-state index in [1.807, 2.05) is 33.7 Å². The Labute approximate surface area is 228 Å². The average Bonchev–Trinajstić information content (AvgIpc) is 3.47. The number of hydrogen-bond donors (Lipinski definition) is 0. The summed E-state index contributed by atoms with van der Waals surface area (Å²) in [6.45, 7) is 8.38. The van der Waals surface area contributed by atoms with Gasteiger partial charge >= 0.3 is 0 Å². The highest BCUT2D eigenvalue weighted by Gasteiger charge is 2.31. The van der Waals surface area contributed by atoms with Crippen molar-refractivity contribution in [3.8, 4) is 11.4 Å². The van der Waals surface area contributed by atoms with Gasteiger partial charge in [0.2, 0.25) is 15.9 Å². The van der Waals surface area contributed by atoms with E-state index in [4.69, 9.17) is 4.74 Å². The SMILES string of the molecule is CC(C)Cn1c(SCC(=O)N2c3ccccc3CC2C)nnc1-c1cccc(S(=O)(=O)N2CCOCC2)c1. The van der Waals surface area contributed by atoms with E-state index in [-0.39, 0.29) is 22.6 Å². The number of carbonyl (C=O) groups is 1. The zero-order valence-corrected chi connectivity index (χ0v) is 23.5. The van der Waals surface area contributed by atoms with Crippen LogP contribution in [0.5, 0.6) is 0 Å². The van der Waals surface area contributed by atoms with Gasteiger partial charge in [-0.3, -0.25) is 4.79 Å². The second-order valence-corrected chi connectivity index (χ2v) is 13.0. The Morgan fingerprint density at radius 2 is 1.87 bits per heavy atom. The molecule has 1 saturated heterocycles. The van der Waals surface area contributed by atoms with Gasteiger partial charge in [0.05, 0.1) is 23.9 Å². The first-order valence-corrected chi connectivity index (χ1v) is 15.3. The number of thioether (sulfide) groups is 1. The normalized spacial score (nSPS) is 18.2. The molecule has 2 aliphatic rings. The number of amides is 1. The molecule has 0 bridgehead atoms. The molecule has 1 aromatic heterocycles. The maximum atomic E-state index is 13.3. The number of fused-ring (bicyclic) bond motifs is 1. The van der Waals surface area contributed by atoms with Gasteiger partial charge in [-0.1, -0.05) is 55.9 Å². The average molecular weight is 556 g/mol. The summed E-state index contributed by atoms with van der Waals surface area (Å²) in [5.74, 6) is 1.16. The van der Waals surface area contributed by atoms with Crippen LogP contribution in [0.25, 0.3) is 11.4 Å². The minimum Gasteiger partial charge on any atom is -0.379 e. The van der Waals surface area contributed by atoms with Crippen LogP contribution in [0.4, 0.5) is 5.69 Å². The molecule has 2 aromatic carbocycles. The monoisotopic (exact) mass is 555 g/mol. The van der Waals surface area contributed by atoms with Gasteiger partial charge in [0.25, 0.3) is 0 Å². The molecule has 0 spiro atoms. The summed E-state index contributed by atoms with van der Waals surface area (Å²) in [6.07, 6.45) is 0.851. The van der Waals surface area contributed by atoms with Crippen molar-refractivity contribution in [3.05, 3.63) is 54.1 Å². The lowest BCUT2D eigenvalue weighted by molar-refractivity contribution is -0.116. The van der Waals surface area contributed by atoms with Gasteiger partial charge in [0.15, 0.2) is 11.0 Å². The van der Waals surface area contributed by atoms with Crippen LogP contribution in [0, 0.1) is 5.92 Å². The Morgan fingerprint density at radius 3 is 2.63 bits per heavy atom. The fourth-order valence-corrected chi connectivity index (χ4v) is 7.27. The number of aromatic nitrogens is 3. The third kappa shape index (κ3) is 5.38. The van der Waals surface area contributed by atoms with E-state index in [1.165, 1.54) is 21.6 Å². The highest BCUT2D eigenvalue weighted by molar-refractivity contribution is 7.99. The van der Waals surface area contributed by atoms with E-state index >= 15 is 0 Å². The van der Waals surface area contributed by atoms with Crippen molar-refractivity contribution < 1.29 is 17.9 Å². The van der Waals surface area contributed by atoms with Crippen molar-refractivity contribution in [2.24, 2.45) is 5.92 Å². The molecule has 202 valence electrons. The molecule has 5 rings (SSSR count). The van der Waals surface area contributed by atoms with Gasteiger partial charge in [-0.25, -0.2) is 8.42 Å². The predicted octanol–water partition coefficient (Wildman–Crippen LogP) is 3.69. The molecular formula is C27H33N5O4S2. The molecule has 38 heavy (non-hydrogen) atoms. The molecule has 3 heterocycles. The number of rotatable bonds is 8. The molecule has 0 aliphatic carbocycles. The second kappa shape index (κ2) is 11.2. The lowest BCUT2D eigenvalue weighted by Gasteiger charge is -2.26. The molecule has 1 atom stereocenters. The zero-order valence-electron chi connectivity index (χ0n) is 21.9. The Hall–Kier alpha value is -2.73. The molecule has 1 amide bonds. The molecular weight excluding hydrogens is 522 g/mol. The first-order valence-electron chi connectivity index (χ1n) is 12.9. The van der Waals surface area contributed by atoms with E-state index in [2.05, 4.69) is 37.0 Å². The quantitative estimate of drug-likeness (QED) is 0.391. The number of para-hydroxylation sites is 1. The zero-order chi connectivity index (χ0) is 26.9. The number of nitrogens with zero attached hydrogens (tertiary/aromatic N) is 5. The summed E-state index contributed by atoms with van der Waals surface area (Å²) >= 11 is 1.37. The van der Waals surface area contributed by atoms with Crippen molar-refractivity contribution in [3.63, 3.8) is 0 Å². The third-order valence-electron chi connectivity index (χ3n) is 6.77. The molecule has 11 heteroatoms. The molecule has 1 fully saturated rings. The highest BCUT2D eigenvalue weighted by atomic mass is 32.2. The van der Waals surface area contributed by atoms with Crippen LogP contribution in [0.2, 0.25) is 0 Å². The van der Waals surface area contributed by atoms with Gasteiger partial charge in [-0.2, -0.15) is 4.31 Å². The summed E-state index contributed by atoms with van der Waals surface area (Å²) in [7, 11) is -3.64. The molecule has 9 nitrogen and oxygen atoms in total. The summed E-state index contributed by atoms with van der Waals surface area (Å²) in [5, 5.41) is 9.50. The third-order valence-corrected chi connectivity index (χ3v) is 9.61. The second-order valence-electron chi connectivity index (χ2n) is 10.1. The van der Waals surface area contributed by atoms with Crippen molar-refractivity contribution >= 4 is 33.4 Å². The molecule has 0 radical (unpaired) electrons. The van der Waals surface area contributed by atoms with Crippen molar-refractivity contribution in [2.75, 3.05) is 37.0 Å². The van der Waals surface area contributed by atoms with Gasteiger partial charge in [0, 0.05) is 36.9 Å².